The minimum Gasteiger partial charge on any atom is -0.424 e. The lowest BCUT2D eigenvalue weighted by Gasteiger charge is -2.19. The molecule has 9 nitrogen and oxygen atoms in total. The number of benzene rings is 2. The third kappa shape index (κ3) is 6.32. The van der Waals surface area contributed by atoms with Crippen molar-refractivity contribution in [3.63, 3.8) is 0 Å². The summed E-state index contributed by atoms with van der Waals surface area (Å²) < 4.78 is 100. The fourth-order valence-corrected chi connectivity index (χ4v) is 4.37. The summed E-state index contributed by atoms with van der Waals surface area (Å²) in [5.41, 5.74) is 0.0694. The number of fused-ring (bicyclic) bond motifs is 1. The van der Waals surface area contributed by atoms with Gasteiger partial charge < -0.3 is 19.9 Å². The molecule has 1 unspecified atom stereocenters. The summed E-state index contributed by atoms with van der Waals surface area (Å²) in [4.78, 5) is 11.6. The second-order valence-corrected chi connectivity index (χ2v) is 9.50. The quantitative estimate of drug-likeness (QED) is 0.178. The molecule has 0 amide bonds. The van der Waals surface area contributed by atoms with Gasteiger partial charge in [-0.25, -0.2) is 19.3 Å². The molecule has 0 saturated carbocycles. The minimum atomic E-state index is -4.60. The van der Waals surface area contributed by atoms with E-state index in [4.69, 9.17) is 4.74 Å². The highest BCUT2D eigenvalue weighted by Crippen LogP contribution is 2.33. The number of aromatic nitrogens is 6. The zero-order chi connectivity index (χ0) is 31.1. The van der Waals surface area contributed by atoms with Gasteiger partial charge in [-0.15, -0.1) is 0 Å². The standard InChI is InChI=1S/C27H23F7N8O/c1-4-19(17-7-6-16(10-18(17)28)43-25-35-12-14(13-36-25)26(29,30)31)38-24-39-20-8-5-15(9-21(20)41(24)2)37-23-11-22(27(32,33)34)42(3)40-23/h5-13,19H,4H2,1-3H3,(H,37,40)(H,38,39). The van der Waals surface area contributed by atoms with Gasteiger partial charge in [-0.3, -0.25) is 4.68 Å². The van der Waals surface area contributed by atoms with Crippen LogP contribution in [0.1, 0.15) is 36.2 Å². The van der Waals surface area contributed by atoms with Crippen molar-refractivity contribution in [3.8, 4) is 11.8 Å². The molecular formula is C27H23F7N8O. The molecule has 43 heavy (non-hydrogen) atoms. The summed E-state index contributed by atoms with van der Waals surface area (Å²) >= 11 is 0. The molecule has 0 aliphatic heterocycles. The van der Waals surface area contributed by atoms with Crippen molar-refractivity contribution >= 4 is 28.5 Å². The van der Waals surface area contributed by atoms with Gasteiger partial charge in [-0.1, -0.05) is 13.0 Å². The average Bonchev–Trinajstić information content (AvgIpc) is 3.46. The largest absolute Gasteiger partial charge is 0.433 e. The molecular weight excluding hydrogens is 585 g/mol. The van der Waals surface area contributed by atoms with Crippen LogP contribution >= 0.6 is 0 Å². The lowest BCUT2D eigenvalue weighted by molar-refractivity contribution is -0.143. The number of anilines is 3. The fourth-order valence-electron chi connectivity index (χ4n) is 4.37. The van der Waals surface area contributed by atoms with E-state index in [1.165, 1.54) is 19.2 Å². The fraction of sp³-hybridized carbons (Fsp3) is 0.259. The van der Waals surface area contributed by atoms with E-state index in [-0.39, 0.29) is 23.1 Å². The molecule has 1 atom stereocenters. The first-order chi connectivity index (χ1) is 20.2. The Kier molecular flexibility index (Phi) is 7.62. The number of rotatable bonds is 8. The predicted octanol–water partition coefficient (Wildman–Crippen LogP) is 7.37. The lowest BCUT2D eigenvalue weighted by Crippen LogP contribution is -2.14. The van der Waals surface area contributed by atoms with Gasteiger partial charge in [0, 0.05) is 49.9 Å². The molecule has 16 heteroatoms. The number of hydrogen-bond acceptors (Lipinski definition) is 7. The van der Waals surface area contributed by atoms with E-state index in [1.807, 2.05) is 6.92 Å². The SMILES string of the molecule is CCC(Nc1nc2ccc(Nc3cc(C(F)(F)F)n(C)n3)cc2n1C)c1ccc(Oc2ncc(C(F)(F)F)cn2)cc1F. The van der Waals surface area contributed by atoms with Crippen LogP contribution in [-0.2, 0) is 26.4 Å². The van der Waals surface area contributed by atoms with Crippen LogP contribution < -0.4 is 15.4 Å². The molecule has 3 heterocycles. The van der Waals surface area contributed by atoms with Crippen molar-refractivity contribution in [1.29, 1.82) is 0 Å². The summed E-state index contributed by atoms with van der Waals surface area (Å²) in [7, 11) is 2.94. The van der Waals surface area contributed by atoms with Gasteiger partial charge in [-0.2, -0.15) is 31.4 Å². The first-order valence-corrected chi connectivity index (χ1v) is 12.7. The number of nitrogens with one attached hydrogen (secondary N) is 2. The molecule has 3 aromatic heterocycles. The van der Waals surface area contributed by atoms with Crippen LogP contribution in [0.25, 0.3) is 11.0 Å². The number of imidazole rings is 1. The Balaban J connectivity index is 1.32. The van der Waals surface area contributed by atoms with E-state index in [0.29, 0.717) is 41.5 Å². The molecule has 5 aromatic rings. The molecule has 0 fully saturated rings. The normalized spacial score (nSPS) is 12.9. The van der Waals surface area contributed by atoms with E-state index in [1.54, 1.807) is 29.8 Å². The van der Waals surface area contributed by atoms with Gasteiger partial charge in [0.2, 0.25) is 5.95 Å². The second-order valence-electron chi connectivity index (χ2n) is 9.50. The van der Waals surface area contributed by atoms with Crippen LogP contribution in [0.5, 0.6) is 11.8 Å². The number of halogens is 7. The Morgan fingerprint density at radius 2 is 1.65 bits per heavy atom. The topological polar surface area (TPSA) is 94.7 Å². The Morgan fingerprint density at radius 1 is 0.930 bits per heavy atom. The first-order valence-electron chi connectivity index (χ1n) is 12.7. The summed E-state index contributed by atoms with van der Waals surface area (Å²) in [5.74, 6) is -0.209. The zero-order valence-corrected chi connectivity index (χ0v) is 22.7. The Morgan fingerprint density at radius 3 is 2.26 bits per heavy atom. The van der Waals surface area contributed by atoms with Crippen LogP contribution in [0, 0.1) is 5.82 Å². The van der Waals surface area contributed by atoms with Crippen LogP contribution in [0.3, 0.4) is 0 Å². The number of alkyl halides is 6. The highest BCUT2D eigenvalue weighted by atomic mass is 19.4. The Bertz CT molecular complexity index is 1760. The smallest absolute Gasteiger partial charge is 0.424 e. The molecule has 0 aliphatic carbocycles. The predicted molar refractivity (Wildman–Crippen MR) is 142 cm³/mol. The van der Waals surface area contributed by atoms with E-state index < -0.39 is 35.5 Å². The van der Waals surface area contributed by atoms with E-state index in [2.05, 4.69) is 30.7 Å². The highest BCUT2D eigenvalue weighted by molar-refractivity contribution is 5.83. The van der Waals surface area contributed by atoms with Crippen LogP contribution in [0.4, 0.5) is 48.2 Å². The molecule has 2 aromatic carbocycles. The maximum atomic E-state index is 15.2. The number of hydrogen-bond donors (Lipinski definition) is 2. The van der Waals surface area contributed by atoms with Crippen molar-refractivity contribution in [3.05, 3.63) is 77.5 Å². The van der Waals surface area contributed by atoms with Crippen molar-refractivity contribution in [2.24, 2.45) is 14.1 Å². The van der Waals surface area contributed by atoms with E-state index in [9.17, 15) is 26.3 Å². The molecule has 0 radical (unpaired) electrons. The second kappa shape index (κ2) is 11.1. The molecule has 2 N–H and O–H groups in total. The number of nitrogens with zero attached hydrogens (tertiary/aromatic N) is 6. The molecule has 0 saturated heterocycles. The molecule has 0 spiro atoms. The van der Waals surface area contributed by atoms with Crippen LogP contribution in [0.2, 0.25) is 0 Å². The highest BCUT2D eigenvalue weighted by Gasteiger charge is 2.35. The lowest BCUT2D eigenvalue weighted by atomic mass is 10.0. The number of ether oxygens (including phenoxy) is 1. The molecule has 226 valence electrons. The monoisotopic (exact) mass is 608 g/mol. The first kappa shape index (κ1) is 29.6. The van der Waals surface area contributed by atoms with Gasteiger partial charge in [0.05, 0.1) is 22.6 Å². The molecule has 0 bridgehead atoms. The minimum absolute atomic E-state index is 0.00567. The van der Waals surface area contributed by atoms with Gasteiger partial charge in [-0.05, 0) is 30.7 Å². The molecule has 5 rings (SSSR count). The number of aryl methyl sites for hydroxylation is 2. The third-order valence-corrected chi connectivity index (χ3v) is 6.55. The van der Waals surface area contributed by atoms with Gasteiger partial charge in [0.15, 0.2) is 5.82 Å². The van der Waals surface area contributed by atoms with Crippen molar-refractivity contribution < 1.29 is 35.5 Å². The maximum absolute atomic E-state index is 15.2. The summed E-state index contributed by atoms with van der Waals surface area (Å²) in [6.07, 6.45) is -7.55. The van der Waals surface area contributed by atoms with Crippen molar-refractivity contribution in [2.45, 2.75) is 31.7 Å². The van der Waals surface area contributed by atoms with Crippen LogP contribution in [0.15, 0.2) is 54.9 Å². The summed E-state index contributed by atoms with van der Waals surface area (Å²) in [6.45, 7) is 1.84. The summed E-state index contributed by atoms with van der Waals surface area (Å²) in [6, 6.07) is 9.04. The van der Waals surface area contributed by atoms with Gasteiger partial charge >= 0.3 is 18.4 Å². The Labute approximate surface area is 239 Å². The van der Waals surface area contributed by atoms with Crippen molar-refractivity contribution in [2.75, 3.05) is 10.6 Å². The van der Waals surface area contributed by atoms with E-state index >= 15 is 4.39 Å². The van der Waals surface area contributed by atoms with Gasteiger partial charge in [0.1, 0.15) is 17.3 Å². The molecule has 0 aliphatic rings. The third-order valence-electron chi connectivity index (χ3n) is 6.55. The van der Waals surface area contributed by atoms with Crippen LogP contribution in [-0.4, -0.2) is 29.3 Å². The van der Waals surface area contributed by atoms with Crippen molar-refractivity contribution in [1.82, 2.24) is 29.3 Å². The van der Waals surface area contributed by atoms with Gasteiger partial charge in [0.25, 0.3) is 0 Å². The maximum Gasteiger partial charge on any atom is 0.433 e. The average molecular weight is 609 g/mol. The summed E-state index contributed by atoms with van der Waals surface area (Å²) in [5, 5.41) is 9.95. The zero-order valence-electron chi connectivity index (χ0n) is 22.7. The Hall–Kier alpha value is -4.89. The van der Waals surface area contributed by atoms with E-state index in [0.717, 1.165) is 16.8 Å².